The molecule has 1 aromatic heterocycles. The van der Waals surface area contributed by atoms with Crippen LogP contribution < -0.4 is 0 Å². The van der Waals surface area contributed by atoms with Crippen molar-refractivity contribution < 1.29 is 14.7 Å². The van der Waals surface area contributed by atoms with Gasteiger partial charge in [0, 0.05) is 30.9 Å². The van der Waals surface area contributed by atoms with Crippen LogP contribution in [0.4, 0.5) is 0 Å². The number of carbonyl (C=O) groups is 2. The van der Waals surface area contributed by atoms with Gasteiger partial charge < -0.3 is 14.9 Å². The third kappa shape index (κ3) is 2.77. The summed E-state index contributed by atoms with van der Waals surface area (Å²) in [5, 5.41) is 9.93. The summed E-state index contributed by atoms with van der Waals surface area (Å²) in [6.07, 6.45) is 0. The molecule has 1 fully saturated rings. The van der Waals surface area contributed by atoms with Gasteiger partial charge in [-0.3, -0.25) is 9.59 Å². The number of fused-ring (bicyclic) bond motifs is 1. The average molecular weight is 304 g/mol. The monoisotopic (exact) mass is 304 g/mol. The number of thiophene rings is 1. The van der Waals surface area contributed by atoms with Crippen molar-refractivity contribution in [2.24, 2.45) is 0 Å². The van der Waals surface area contributed by atoms with Gasteiger partial charge in [0.2, 0.25) is 5.91 Å². The molecular weight excluding hydrogens is 288 g/mol. The molecule has 1 aliphatic rings. The number of benzene rings is 1. The van der Waals surface area contributed by atoms with Gasteiger partial charge in [-0.25, -0.2) is 0 Å². The van der Waals surface area contributed by atoms with Crippen molar-refractivity contribution in [1.82, 2.24) is 9.80 Å². The Morgan fingerprint density at radius 1 is 1.10 bits per heavy atom. The smallest absolute Gasteiger partial charge is 0.264 e. The Morgan fingerprint density at radius 2 is 1.76 bits per heavy atom. The van der Waals surface area contributed by atoms with E-state index in [1.165, 1.54) is 11.3 Å². The van der Waals surface area contributed by atoms with Gasteiger partial charge >= 0.3 is 0 Å². The molecule has 21 heavy (non-hydrogen) atoms. The van der Waals surface area contributed by atoms with Gasteiger partial charge in [0.05, 0.1) is 4.88 Å². The Balaban J connectivity index is 1.70. The Morgan fingerprint density at radius 3 is 2.43 bits per heavy atom. The van der Waals surface area contributed by atoms with E-state index in [0.717, 1.165) is 15.0 Å². The molecule has 2 amide bonds. The Hall–Kier alpha value is -1.92. The van der Waals surface area contributed by atoms with Crippen LogP contribution in [0.15, 0.2) is 30.3 Å². The van der Waals surface area contributed by atoms with Gasteiger partial charge in [0.25, 0.3) is 5.91 Å². The molecule has 2 aromatic rings. The maximum atomic E-state index is 12.5. The first-order valence-corrected chi connectivity index (χ1v) is 7.67. The van der Waals surface area contributed by atoms with Crippen LogP contribution in [-0.4, -0.2) is 59.5 Å². The van der Waals surface area contributed by atoms with Crippen molar-refractivity contribution >= 4 is 33.2 Å². The topological polar surface area (TPSA) is 60.9 Å². The Kier molecular flexibility index (Phi) is 3.90. The highest BCUT2D eigenvalue weighted by Crippen LogP contribution is 2.26. The minimum Gasteiger partial charge on any atom is -0.387 e. The van der Waals surface area contributed by atoms with E-state index in [-0.39, 0.29) is 11.8 Å². The van der Waals surface area contributed by atoms with Crippen molar-refractivity contribution in [1.29, 1.82) is 0 Å². The lowest BCUT2D eigenvalue weighted by molar-refractivity contribution is -0.135. The molecular formula is C15H16N2O3S. The van der Waals surface area contributed by atoms with E-state index >= 15 is 0 Å². The molecule has 0 saturated carbocycles. The molecule has 6 heteroatoms. The van der Waals surface area contributed by atoms with Crippen LogP contribution in [0.3, 0.4) is 0 Å². The number of amides is 2. The first-order chi connectivity index (χ1) is 10.2. The summed E-state index contributed by atoms with van der Waals surface area (Å²) in [6, 6.07) is 9.86. The van der Waals surface area contributed by atoms with E-state index < -0.39 is 6.61 Å². The molecule has 0 bridgehead atoms. The first-order valence-electron chi connectivity index (χ1n) is 6.85. The van der Waals surface area contributed by atoms with Crippen LogP contribution in [0.2, 0.25) is 0 Å². The Bertz CT molecular complexity index is 641. The van der Waals surface area contributed by atoms with Crippen molar-refractivity contribution in [2.75, 3.05) is 32.8 Å². The molecule has 2 heterocycles. The highest BCUT2D eigenvalue weighted by molar-refractivity contribution is 7.20. The molecule has 0 unspecified atom stereocenters. The molecule has 110 valence electrons. The van der Waals surface area contributed by atoms with Crippen LogP contribution in [-0.2, 0) is 4.79 Å². The van der Waals surface area contributed by atoms with E-state index in [0.29, 0.717) is 26.2 Å². The second-order valence-corrected chi connectivity index (χ2v) is 6.06. The molecule has 0 radical (unpaired) electrons. The number of rotatable bonds is 2. The van der Waals surface area contributed by atoms with Crippen LogP contribution in [0.1, 0.15) is 9.67 Å². The lowest BCUT2D eigenvalue weighted by atomic mass is 10.2. The predicted molar refractivity (Wildman–Crippen MR) is 81.4 cm³/mol. The minimum absolute atomic E-state index is 0.0206. The van der Waals surface area contributed by atoms with Gasteiger partial charge in [-0.05, 0) is 17.5 Å². The first kappa shape index (κ1) is 14.0. The van der Waals surface area contributed by atoms with Crippen LogP contribution in [0.25, 0.3) is 10.1 Å². The van der Waals surface area contributed by atoms with Gasteiger partial charge in [0.1, 0.15) is 6.61 Å². The average Bonchev–Trinajstić information content (AvgIpc) is 2.97. The number of hydrogen-bond acceptors (Lipinski definition) is 4. The number of piperazine rings is 1. The second kappa shape index (κ2) is 5.83. The van der Waals surface area contributed by atoms with Crippen LogP contribution in [0.5, 0.6) is 0 Å². The number of carbonyl (C=O) groups excluding carboxylic acids is 2. The fraction of sp³-hybridized carbons (Fsp3) is 0.333. The molecule has 1 N–H and O–H groups in total. The molecule has 5 nitrogen and oxygen atoms in total. The highest BCUT2D eigenvalue weighted by Gasteiger charge is 2.25. The lowest BCUT2D eigenvalue weighted by Crippen LogP contribution is -2.51. The zero-order valence-electron chi connectivity index (χ0n) is 11.5. The summed E-state index contributed by atoms with van der Waals surface area (Å²) in [4.78, 5) is 28.0. The van der Waals surface area contributed by atoms with Gasteiger partial charge in [-0.1, -0.05) is 18.2 Å². The quantitative estimate of drug-likeness (QED) is 0.906. The zero-order valence-corrected chi connectivity index (χ0v) is 12.3. The number of nitrogens with zero attached hydrogens (tertiary/aromatic N) is 2. The van der Waals surface area contributed by atoms with Gasteiger partial charge in [0.15, 0.2) is 0 Å². The molecule has 0 spiro atoms. The van der Waals surface area contributed by atoms with E-state index in [4.69, 9.17) is 5.11 Å². The fourth-order valence-corrected chi connectivity index (χ4v) is 3.53. The van der Waals surface area contributed by atoms with Crippen LogP contribution >= 0.6 is 11.3 Å². The SMILES string of the molecule is O=C(CO)N1CCN(C(=O)c2cc3ccccc3s2)CC1. The summed E-state index contributed by atoms with van der Waals surface area (Å²) < 4.78 is 1.11. The van der Waals surface area contributed by atoms with E-state index in [9.17, 15) is 9.59 Å². The van der Waals surface area contributed by atoms with E-state index in [1.54, 1.807) is 9.80 Å². The Labute approximate surface area is 126 Å². The van der Waals surface area contributed by atoms with Crippen molar-refractivity contribution in [2.45, 2.75) is 0 Å². The number of aliphatic hydroxyl groups excluding tert-OH is 1. The summed E-state index contributed by atoms with van der Waals surface area (Å²) in [7, 11) is 0. The maximum absolute atomic E-state index is 12.5. The molecule has 1 aliphatic heterocycles. The number of hydrogen-bond donors (Lipinski definition) is 1. The molecule has 1 aromatic carbocycles. The van der Waals surface area contributed by atoms with Crippen molar-refractivity contribution in [3.8, 4) is 0 Å². The summed E-state index contributed by atoms with van der Waals surface area (Å²) in [5.41, 5.74) is 0. The van der Waals surface area contributed by atoms with Gasteiger partial charge in [-0.15, -0.1) is 11.3 Å². The van der Waals surface area contributed by atoms with Crippen molar-refractivity contribution in [3.63, 3.8) is 0 Å². The normalized spacial score (nSPS) is 15.5. The number of aliphatic hydroxyl groups is 1. The van der Waals surface area contributed by atoms with E-state index in [1.807, 2.05) is 30.3 Å². The predicted octanol–water partition coefficient (Wildman–Crippen LogP) is 1.18. The maximum Gasteiger partial charge on any atom is 0.264 e. The fourth-order valence-electron chi connectivity index (χ4n) is 2.50. The van der Waals surface area contributed by atoms with Gasteiger partial charge in [-0.2, -0.15) is 0 Å². The molecule has 0 atom stereocenters. The highest BCUT2D eigenvalue weighted by atomic mass is 32.1. The lowest BCUT2D eigenvalue weighted by Gasteiger charge is -2.34. The van der Waals surface area contributed by atoms with E-state index in [2.05, 4.69) is 0 Å². The van der Waals surface area contributed by atoms with Crippen LogP contribution in [0, 0.1) is 0 Å². The summed E-state index contributed by atoms with van der Waals surface area (Å²) in [5.74, 6) is -0.253. The largest absolute Gasteiger partial charge is 0.387 e. The minimum atomic E-state index is -0.468. The standard InChI is InChI=1S/C15H16N2O3S/c18-10-14(19)16-5-7-17(8-6-16)15(20)13-9-11-3-1-2-4-12(11)21-13/h1-4,9,18H,5-8,10H2. The molecule has 3 rings (SSSR count). The van der Waals surface area contributed by atoms with Crippen molar-refractivity contribution in [3.05, 3.63) is 35.2 Å². The molecule has 0 aliphatic carbocycles. The summed E-state index contributed by atoms with van der Waals surface area (Å²) >= 11 is 1.50. The summed E-state index contributed by atoms with van der Waals surface area (Å²) in [6.45, 7) is 1.52. The second-order valence-electron chi connectivity index (χ2n) is 4.98. The molecule has 1 saturated heterocycles. The third-order valence-electron chi connectivity index (χ3n) is 3.69. The zero-order chi connectivity index (χ0) is 14.8. The third-order valence-corrected chi connectivity index (χ3v) is 4.80.